The minimum Gasteiger partial charge on any atom is -0.491 e. The van der Waals surface area contributed by atoms with E-state index in [1.54, 1.807) is 0 Å². The molecule has 1 unspecified atom stereocenters. The first-order valence-corrected chi connectivity index (χ1v) is 8.19. The highest BCUT2D eigenvalue weighted by molar-refractivity contribution is 5.25. The first-order valence-electron chi connectivity index (χ1n) is 8.19. The van der Waals surface area contributed by atoms with E-state index in [0.29, 0.717) is 18.4 Å². The molecule has 0 aromatic carbocycles. The summed E-state index contributed by atoms with van der Waals surface area (Å²) in [7, 11) is 0. The number of hydrogen-bond acceptors (Lipinski definition) is 2. The van der Waals surface area contributed by atoms with Gasteiger partial charge in [0.15, 0.2) is 17.4 Å². The topological polar surface area (TPSA) is 18.5 Å². The van der Waals surface area contributed by atoms with Gasteiger partial charge >= 0.3 is 0 Å². The van der Waals surface area contributed by atoms with E-state index in [-0.39, 0.29) is 5.76 Å². The van der Waals surface area contributed by atoms with Gasteiger partial charge in [-0.3, -0.25) is 0 Å². The van der Waals surface area contributed by atoms with Crippen molar-refractivity contribution >= 4 is 0 Å². The van der Waals surface area contributed by atoms with E-state index < -0.39 is 11.7 Å². The Balaban J connectivity index is 1.71. The quantitative estimate of drug-likeness (QED) is 0.502. The van der Waals surface area contributed by atoms with Crippen molar-refractivity contribution in [2.45, 2.75) is 38.5 Å². The van der Waals surface area contributed by atoms with Gasteiger partial charge in [0, 0.05) is 13.2 Å². The Morgan fingerprint density at radius 3 is 2.45 bits per heavy atom. The van der Waals surface area contributed by atoms with Crippen molar-refractivity contribution in [1.29, 1.82) is 0 Å². The van der Waals surface area contributed by atoms with Crippen molar-refractivity contribution in [3.63, 3.8) is 0 Å². The third kappa shape index (κ3) is 4.67. The molecule has 1 atom stereocenters. The molecule has 1 aliphatic carbocycles. The molecule has 2 rings (SSSR count). The fraction of sp³-hybridized carbons (Fsp3) is 0.667. The molecule has 1 saturated heterocycles. The second-order valence-corrected chi connectivity index (χ2v) is 6.36. The SMILES string of the molecule is C=C/C(F)=C(/F)C(=C)OCC1CCC(C2CCCOC2)CC1. The number of hydrogen-bond donors (Lipinski definition) is 0. The summed E-state index contributed by atoms with van der Waals surface area (Å²) in [5, 5.41) is 0. The molecule has 0 aromatic heterocycles. The van der Waals surface area contributed by atoms with Crippen molar-refractivity contribution in [2.75, 3.05) is 19.8 Å². The summed E-state index contributed by atoms with van der Waals surface area (Å²) in [6.45, 7) is 8.84. The summed E-state index contributed by atoms with van der Waals surface area (Å²) in [5.74, 6) is -0.464. The normalized spacial score (nSPS) is 30.4. The summed E-state index contributed by atoms with van der Waals surface area (Å²) in [6.07, 6.45) is 7.77. The van der Waals surface area contributed by atoms with E-state index in [4.69, 9.17) is 9.47 Å². The molecule has 0 radical (unpaired) electrons. The van der Waals surface area contributed by atoms with Crippen LogP contribution < -0.4 is 0 Å². The smallest absolute Gasteiger partial charge is 0.199 e. The van der Waals surface area contributed by atoms with Crippen molar-refractivity contribution in [1.82, 2.24) is 0 Å². The third-order valence-electron chi connectivity index (χ3n) is 4.88. The van der Waals surface area contributed by atoms with Gasteiger partial charge < -0.3 is 9.47 Å². The van der Waals surface area contributed by atoms with Gasteiger partial charge in [-0.15, -0.1) is 0 Å². The van der Waals surface area contributed by atoms with Crippen molar-refractivity contribution < 1.29 is 18.3 Å². The standard InChI is InChI=1S/C18H26F2O2/c1-3-17(19)18(20)13(2)22-11-14-6-8-15(9-7-14)16-5-4-10-21-12-16/h3,14-16H,1-2,4-12H2/b18-17-. The van der Waals surface area contributed by atoms with Crippen molar-refractivity contribution in [3.8, 4) is 0 Å². The largest absolute Gasteiger partial charge is 0.491 e. The van der Waals surface area contributed by atoms with Gasteiger partial charge in [-0.1, -0.05) is 13.2 Å². The highest BCUT2D eigenvalue weighted by Gasteiger charge is 2.29. The molecule has 22 heavy (non-hydrogen) atoms. The van der Waals surface area contributed by atoms with Gasteiger partial charge in [0.05, 0.1) is 6.61 Å². The summed E-state index contributed by atoms with van der Waals surface area (Å²) in [5.41, 5.74) is 0. The van der Waals surface area contributed by atoms with Gasteiger partial charge in [0.1, 0.15) is 0 Å². The zero-order valence-corrected chi connectivity index (χ0v) is 13.2. The van der Waals surface area contributed by atoms with Crippen LogP contribution in [0.3, 0.4) is 0 Å². The third-order valence-corrected chi connectivity index (χ3v) is 4.88. The predicted octanol–water partition coefficient (Wildman–Crippen LogP) is 5.09. The summed E-state index contributed by atoms with van der Waals surface area (Å²) in [6, 6.07) is 0. The van der Waals surface area contributed by atoms with Crippen LogP contribution in [-0.2, 0) is 9.47 Å². The zero-order valence-electron chi connectivity index (χ0n) is 13.2. The minimum atomic E-state index is -1.05. The Morgan fingerprint density at radius 2 is 1.86 bits per heavy atom. The molecule has 2 aliphatic rings. The lowest BCUT2D eigenvalue weighted by molar-refractivity contribution is 0.0143. The van der Waals surface area contributed by atoms with Crippen LogP contribution in [0.1, 0.15) is 38.5 Å². The van der Waals surface area contributed by atoms with Crippen LogP contribution in [0.5, 0.6) is 0 Å². The molecule has 1 heterocycles. The van der Waals surface area contributed by atoms with Crippen molar-refractivity contribution in [2.24, 2.45) is 17.8 Å². The Kier molecular flexibility index (Phi) is 6.62. The van der Waals surface area contributed by atoms with Crippen LogP contribution in [0.15, 0.2) is 36.6 Å². The Morgan fingerprint density at radius 1 is 1.14 bits per heavy atom. The maximum Gasteiger partial charge on any atom is 0.199 e. The molecular formula is C18H26F2O2. The van der Waals surface area contributed by atoms with Gasteiger partial charge in [0.25, 0.3) is 0 Å². The van der Waals surface area contributed by atoms with E-state index >= 15 is 0 Å². The number of ether oxygens (including phenoxy) is 2. The van der Waals surface area contributed by atoms with Crippen molar-refractivity contribution in [3.05, 3.63) is 36.6 Å². The van der Waals surface area contributed by atoms with Gasteiger partial charge in [-0.2, -0.15) is 4.39 Å². The van der Waals surface area contributed by atoms with Crippen LogP contribution in [0.25, 0.3) is 0 Å². The van der Waals surface area contributed by atoms with E-state index in [9.17, 15) is 8.78 Å². The van der Waals surface area contributed by atoms with E-state index in [0.717, 1.165) is 38.0 Å². The van der Waals surface area contributed by atoms with Crippen LogP contribution in [0.4, 0.5) is 8.78 Å². The summed E-state index contributed by atoms with van der Waals surface area (Å²) >= 11 is 0. The van der Waals surface area contributed by atoms with Gasteiger partial charge in [0.2, 0.25) is 0 Å². The first kappa shape index (κ1) is 17.2. The molecule has 124 valence electrons. The predicted molar refractivity (Wildman–Crippen MR) is 83.5 cm³/mol. The van der Waals surface area contributed by atoms with E-state index in [1.165, 1.54) is 25.7 Å². The van der Waals surface area contributed by atoms with Crippen LogP contribution in [0.2, 0.25) is 0 Å². The average Bonchev–Trinajstić information content (AvgIpc) is 2.59. The molecule has 2 nitrogen and oxygen atoms in total. The maximum absolute atomic E-state index is 13.4. The van der Waals surface area contributed by atoms with Crippen LogP contribution in [-0.4, -0.2) is 19.8 Å². The van der Waals surface area contributed by atoms with Gasteiger partial charge in [-0.25, -0.2) is 4.39 Å². The number of rotatable bonds is 6. The lowest BCUT2D eigenvalue weighted by Gasteiger charge is -2.35. The van der Waals surface area contributed by atoms with Crippen LogP contribution in [0, 0.1) is 17.8 Å². The zero-order chi connectivity index (χ0) is 15.9. The second-order valence-electron chi connectivity index (χ2n) is 6.36. The first-order chi connectivity index (χ1) is 10.6. The molecule has 0 bridgehead atoms. The molecule has 0 spiro atoms. The Hall–Kier alpha value is -1.16. The highest BCUT2D eigenvalue weighted by atomic mass is 19.2. The molecule has 0 amide bonds. The van der Waals surface area contributed by atoms with E-state index in [2.05, 4.69) is 13.2 Å². The molecule has 0 aromatic rings. The average molecular weight is 312 g/mol. The molecule has 4 heteroatoms. The Labute approximate surface area is 131 Å². The van der Waals surface area contributed by atoms with E-state index in [1.807, 2.05) is 0 Å². The lowest BCUT2D eigenvalue weighted by Crippen LogP contribution is -2.29. The lowest BCUT2D eigenvalue weighted by atomic mass is 9.74. The molecular weight excluding hydrogens is 286 g/mol. The fourth-order valence-corrected chi connectivity index (χ4v) is 3.47. The minimum absolute atomic E-state index is 0.236. The van der Waals surface area contributed by atoms with Gasteiger partial charge in [-0.05, 0) is 62.4 Å². The fourth-order valence-electron chi connectivity index (χ4n) is 3.47. The number of halogens is 2. The maximum atomic E-state index is 13.4. The molecule has 0 N–H and O–H groups in total. The summed E-state index contributed by atoms with van der Waals surface area (Å²) < 4.78 is 37.4. The molecule has 2 fully saturated rings. The highest BCUT2D eigenvalue weighted by Crippen LogP contribution is 2.37. The second kappa shape index (κ2) is 8.47. The number of allylic oxidation sites excluding steroid dienone is 3. The monoisotopic (exact) mass is 312 g/mol. The Bertz CT molecular complexity index is 417. The molecule has 1 saturated carbocycles. The summed E-state index contributed by atoms with van der Waals surface area (Å²) in [4.78, 5) is 0. The molecule has 1 aliphatic heterocycles. The van der Waals surface area contributed by atoms with Crippen LogP contribution >= 0.6 is 0 Å².